The van der Waals surface area contributed by atoms with E-state index < -0.39 is 11.9 Å². The largest absolute Gasteiger partial charge is 0.573 e. The third-order valence-corrected chi connectivity index (χ3v) is 5.53. The van der Waals surface area contributed by atoms with Crippen molar-refractivity contribution in [1.29, 1.82) is 0 Å². The molecule has 2 aliphatic heterocycles. The van der Waals surface area contributed by atoms with Crippen LogP contribution in [0.15, 0.2) is 58.0 Å². The van der Waals surface area contributed by atoms with Crippen LogP contribution in [0, 0.1) is 0 Å². The standard InChI is InChI=1S/C19H15BrF3N3OS/c20-14-4-1-3-13(11-14)18(16-24-9-2-10-26(16)17(28)25-18)12-5-7-15(8-6-12)27-19(21,22)23/h1,3-8,11H,2,9-10H2,(H,25,28). The fourth-order valence-electron chi connectivity index (χ4n) is 3.61. The Labute approximate surface area is 173 Å². The molecule has 2 aromatic carbocycles. The highest BCUT2D eigenvalue weighted by Gasteiger charge is 2.50. The van der Waals surface area contributed by atoms with Crippen LogP contribution in [0.2, 0.25) is 0 Å². The van der Waals surface area contributed by atoms with Gasteiger partial charge < -0.3 is 15.0 Å². The molecule has 1 unspecified atom stereocenters. The van der Waals surface area contributed by atoms with E-state index >= 15 is 0 Å². The minimum atomic E-state index is -4.74. The molecular formula is C19H15BrF3N3OS. The van der Waals surface area contributed by atoms with Crippen molar-refractivity contribution >= 4 is 39.1 Å². The van der Waals surface area contributed by atoms with E-state index in [0.717, 1.165) is 34.4 Å². The molecule has 1 fully saturated rings. The number of fused-ring (bicyclic) bond motifs is 1. The fraction of sp³-hybridized carbons (Fsp3) is 0.263. The van der Waals surface area contributed by atoms with Crippen LogP contribution in [0.1, 0.15) is 17.5 Å². The van der Waals surface area contributed by atoms with Crippen LogP contribution in [-0.4, -0.2) is 35.3 Å². The van der Waals surface area contributed by atoms with Crippen LogP contribution in [-0.2, 0) is 5.54 Å². The van der Waals surface area contributed by atoms with Crippen molar-refractivity contribution in [2.45, 2.75) is 18.3 Å². The number of aliphatic imine (C=N–C) groups is 1. The number of halogens is 4. The summed E-state index contributed by atoms with van der Waals surface area (Å²) >= 11 is 9.04. The zero-order valence-electron chi connectivity index (χ0n) is 14.5. The fourth-order valence-corrected chi connectivity index (χ4v) is 4.34. The Morgan fingerprint density at radius 1 is 1.14 bits per heavy atom. The molecule has 1 saturated heterocycles. The summed E-state index contributed by atoms with van der Waals surface area (Å²) in [7, 11) is 0. The van der Waals surface area contributed by atoms with Crippen molar-refractivity contribution in [1.82, 2.24) is 10.2 Å². The number of rotatable bonds is 3. The van der Waals surface area contributed by atoms with Gasteiger partial charge in [-0.2, -0.15) is 0 Å². The SMILES string of the molecule is FC(F)(F)Oc1ccc(C2(c3cccc(Br)c3)NC(=S)N3CCCN=C32)cc1. The number of nitrogens with one attached hydrogen (secondary N) is 1. The summed E-state index contributed by atoms with van der Waals surface area (Å²) in [5, 5.41) is 3.93. The van der Waals surface area contributed by atoms with Crippen molar-refractivity contribution in [3.8, 4) is 5.75 Å². The highest BCUT2D eigenvalue weighted by Crippen LogP contribution is 2.39. The Morgan fingerprint density at radius 3 is 2.57 bits per heavy atom. The van der Waals surface area contributed by atoms with Gasteiger partial charge in [0.25, 0.3) is 0 Å². The zero-order valence-corrected chi connectivity index (χ0v) is 16.9. The zero-order chi connectivity index (χ0) is 19.9. The molecular weight excluding hydrogens is 455 g/mol. The van der Waals surface area contributed by atoms with E-state index in [-0.39, 0.29) is 5.75 Å². The third kappa shape index (κ3) is 3.37. The van der Waals surface area contributed by atoms with Crippen molar-refractivity contribution in [2.24, 2.45) is 4.99 Å². The topological polar surface area (TPSA) is 36.9 Å². The first-order valence-electron chi connectivity index (χ1n) is 8.56. The van der Waals surface area contributed by atoms with Crippen LogP contribution >= 0.6 is 28.1 Å². The lowest BCUT2D eigenvalue weighted by atomic mass is 9.82. The molecule has 0 saturated carbocycles. The van der Waals surface area contributed by atoms with Gasteiger partial charge in [0.1, 0.15) is 17.1 Å². The van der Waals surface area contributed by atoms with Gasteiger partial charge in [-0.05, 0) is 54.0 Å². The van der Waals surface area contributed by atoms with Gasteiger partial charge in [-0.25, -0.2) is 0 Å². The Bertz CT molecular complexity index is 948. The van der Waals surface area contributed by atoms with Gasteiger partial charge in [-0.1, -0.05) is 40.2 Å². The smallest absolute Gasteiger partial charge is 0.406 e. The lowest BCUT2D eigenvalue weighted by Crippen LogP contribution is -2.46. The summed E-state index contributed by atoms with van der Waals surface area (Å²) in [5.74, 6) is 0.481. The highest BCUT2D eigenvalue weighted by molar-refractivity contribution is 9.10. The molecule has 0 spiro atoms. The minimum Gasteiger partial charge on any atom is -0.406 e. The predicted molar refractivity (Wildman–Crippen MR) is 107 cm³/mol. The molecule has 4 rings (SSSR count). The molecule has 28 heavy (non-hydrogen) atoms. The van der Waals surface area contributed by atoms with Gasteiger partial charge in [-0.3, -0.25) is 4.99 Å². The maximum atomic E-state index is 12.5. The Morgan fingerprint density at radius 2 is 1.89 bits per heavy atom. The first-order chi connectivity index (χ1) is 13.3. The monoisotopic (exact) mass is 469 g/mol. The lowest BCUT2D eigenvalue weighted by Gasteiger charge is -2.33. The van der Waals surface area contributed by atoms with Crippen molar-refractivity contribution in [3.63, 3.8) is 0 Å². The van der Waals surface area contributed by atoms with E-state index in [1.807, 2.05) is 29.2 Å². The molecule has 0 aromatic heterocycles. The molecule has 4 nitrogen and oxygen atoms in total. The quantitative estimate of drug-likeness (QED) is 0.667. The van der Waals surface area contributed by atoms with Gasteiger partial charge >= 0.3 is 6.36 Å². The highest BCUT2D eigenvalue weighted by atomic mass is 79.9. The minimum absolute atomic E-state index is 0.274. The van der Waals surface area contributed by atoms with Crippen molar-refractivity contribution < 1.29 is 17.9 Å². The summed E-state index contributed by atoms with van der Waals surface area (Å²) in [6.07, 6.45) is -3.85. The van der Waals surface area contributed by atoms with E-state index in [4.69, 9.17) is 17.2 Å². The maximum Gasteiger partial charge on any atom is 0.573 e. The number of hydrogen-bond donors (Lipinski definition) is 1. The van der Waals surface area contributed by atoms with Gasteiger partial charge in [0.15, 0.2) is 5.11 Å². The van der Waals surface area contributed by atoms with Crippen LogP contribution in [0.3, 0.4) is 0 Å². The molecule has 9 heteroatoms. The number of ether oxygens (including phenoxy) is 1. The molecule has 2 aromatic rings. The second-order valence-electron chi connectivity index (χ2n) is 6.47. The summed E-state index contributed by atoms with van der Waals surface area (Å²) in [5.41, 5.74) is 0.736. The summed E-state index contributed by atoms with van der Waals surface area (Å²) in [6.45, 7) is 1.41. The van der Waals surface area contributed by atoms with Gasteiger partial charge in [-0.15, -0.1) is 13.2 Å². The van der Waals surface area contributed by atoms with E-state index in [2.05, 4.69) is 26.0 Å². The molecule has 0 bridgehead atoms. The molecule has 0 aliphatic carbocycles. The Hall–Kier alpha value is -2.13. The summed E-state index contributed by atoms with van der Waals surface area (Å²) in [6, 6.07) is 13.5. The number of hydrogen-bond acceptors (Lipinski definition) is 3. The average Bonchev–Trinajstić information content (AvgIpc) is 2.95. The van der Waals surface area contributed by atoms with Crippen LogP contribution < -0.4 is 10.1 Å². The number of thiocarbonyl (C=S) groups is 1. The van der Waals surface area contributed by atoms with E-state index in [1.165, 1.54) is 12.1 Å². The van der Waals surface area contributed by atoms with Crippen LogP contribution in [0.5, 0.6) is 5.75 Å². The Kier molecular flexibility index (Phi) is 4.83. The maximum absolute atomic E-state index is 12.5. The second-order valence-corrected chi connectivity index (χ2v) is 7.78. The summed E-state index contributed by atoms with van der Waals surface area (Å²) in [4.78, 5) is 6.68. The number of benzene rings is 2. The lowest BCUT2D eigenvalue weighted by molar-refractivity contribution is -0.274. The molecule has 146 valence electrons. The van der Waals surface area contributed by atoms with Gasteiger partial charge in [0.2, 0.25) is 0 Å². The first-order valence-corrected chi connectivity index (χ1v) is 9.77. The molecule has 1 atom stereocenters. The Balaban J connectivity index is 1.85. The van der Waals surface area contributed by atoms with Crippen LogP contribution in [0.25, 0.3) is 0 Å². The number of alkyl halides is 3. The van der Waals surface area contributed by atoms with Crippen molar-refractivity contribution in [2.75, 3.05) is 13.1 Å². The second kappa shape index (κ2) is 7.04. The predicted octanol–water partition coefficient (Wildman–Crippen LogP) is 4.58. The number of nitrogens with zero attached hydrogens (tertiary/aromatic N) is 2. The number of amidine groups is 1. The van der Waals surface area contributed by atoms with Crippen molar-refractivity contribution in [3.05, 3.63) is 64.1 Å². The van der Waals surface area contributed by atoms with Gasteiger partial charge in [0.05, 0.1) is 0 Å². The van der Waals surface area contributed by atoms with E-state index in [0.29, 0.717) is 11.7 Å². The molecule has 2 aliphatic rings. The third-order valence-electron chi connectivity index (χ3n) is 4.71. The molecule has 0 radical (unpaired) electrons. The molecule has 2 heterocycles. The molecule has 0 amide bonds. The molecule has 1 N–H and O–H groups in total. The first kappa shape index (κ1) is 19.2. The van der Waals surface area contributed by atoms with Gasteiger partial charge in [0, 0.05) is 17.6 Å². The summed E-state index contributed by atoms with van der Waals surface area (Å²) < 4.78 is 42.4. The van der Waals surface area contributed by atoms with E-state index in [1.54, 1.807) is 12.1 Å². The van der Waals surface area contributed by atoms with Crippen LogP contribution in [0.4, 0.5) is 13.2 Å². The normalized spacial score (nSPS) is 21.8. The van der Waals surface area contributed by atoms with E-state index in [9.17, 15) is 13.2 Å². The average molecular weight is 470 g/mol.